The molecular weight excluding hydrogens is 212 g/mol. The fourth-order valence-electron chi connectivity index (χ4n) is 0.981. The van der Waals surface area contributed by atoms with Crippen LogP contribution in [0.1, 0.15) is 52.4 Å². The van der Waals surface area contributed by atoms with E-state index < -0.39 is 0 Å². The van der Waals surface area contributed by atoms with E-state index in [9.17, 15) is 4.79 Å². The number of rotatable bonds is 10. The van der Waals surface area contributed by atoms with Crippen molar-refractivity contribution < 1.29 is 4.79 Å². The van der Waals surface area contributed by atoms with Crippen molar-refractivity contribution >= 4 is 27.4 Å². The molecule has 0 rings (SSSR count). The van der Waals surface area contributed by atoms with Crippen LogP contribution in [0.25, 0.3) is 0 Å². The molecule has 0 aliphatic rings. The van der Waals surface area contributed by atoms with Gasteiger partial charge in [0.2, 0.25) is 0 Å². The van der Waals surface area contributed by atoms with Gasteiger partial charge in [0.25, 0.3) is 0 Å². The Bertz CT molecular complexity index is 137. The Morgan fingerprint density at radius 2 is 1.64 bits per heavy atom. The summed E-state index contributed by atoms with van der Waals surface area (Å²) in [5.74, 6) is 2.88. The van der Waals surface area contributed by atoms with Crippen molar-refractivity contribution in [2.75, 3.05) is 11.5 Å². The van der Waals surface area contributed by atoms with Crippen LogP contribution in [0.15, 0.2) is 0 Å². The molecule has 0 spiro atoms. The summed E-state index contributed by atoms with van der Waals surface area (Å²) in [5.41, 5.74) is 0. The summed E-state index contributed by atoms with van der Waals surface area (Å²) in [6.45, 7) is 4.17. The number of unbranched alkanes of at least 4 members (excludes halogenated alkanes) is 2. The molecule has 84 valence electrons. The monoisotopic (exact) mass is 234 g/mol. The van der Waals surface area contributed by atoms with E-state index in [0.717, 1.165) is 12.8 Å². The van der Waals surface area contributed by atoms with E-state index in [1.807, 2.05) is 28.5 Å². The molecule has 1 nitrogen and oxygen atoms in total. The first-order chi connectivity index (χ1) is 6.81. The Morgan fingerprint density at radius 1 is 1.00 bits per heavy atom. The Labute approximate surface area is 96.2 Å². The molecule has 0 radical (unpaired) electrons. The summed E-state index contributed by atoms with van der Waals surface area (Å²) >= 11 is 0. The molecule has 0 heterocycles. The number of carbonyl (C=O) groups excluding carboxylic acids is 1. The minimum atomic E-state index is 0.411. The molecule has 14 heavy (non-hydrogen) atoms. The maximum Gasteiger partial charge on any atom is 0.132 e. The summed E-state index contributed by atoms with van der Waals surface area (Å²) < 4.78 is 0. The highest BCUT2D eigenvalue weighted by atomic mass is 33.1. The Balaban J connectivity index is 2.95. The Kier molecular flexibility index (Phi) is 11.7. The maximum absolute atomic E-state index is 11.0. The van der Waals surface area contributed by atoms with E-state index >= 15 is 0 Å². The second kappa shape index (κ2) is 11.4. The standard InChI is InChI=1S/C11H22OS2/c1-3-5-9-13-14-10-7-6-8-11(12)4-2/h3-10H2,1-2H3. The van der Waals surface area contributed by atoms with Crippen LogP contribution in [-0.2, 0) is 4.79 Å². The largest absolute Gasteiger partial charge is 0.300 e. The molecule has 0 N–H and O–H groups in total. The average Bonchev–Trinajstić information content (AvgIpc) is 2.21. The fourth-order valence-corrected chi connectivity index (χ4v) is 3.36. The van der Waals surface area contributed by atoms with Crippen LogP contribution in [0.2, 0.25) is 0 Å². The molecule has 0 aliphatic heterocycles. The second-order valence-electron chi connectivity index (χ2n) is 3.35. The zero-order valence-electron chi connectivity index (χ0n) is 9.38. The SMILES string of the molecule is CCCCSSCCCCC(=O)CC. The molecule has 3 heteroatoms. The minimum Gasteiger partial charge on any atom is -0.300 e. The van der Waals surface area contributed by atoms with Gasteiger partial charge in [0, 0.05) is 24.3 Å². The molecule has 0 unspecified atom stereocenters. The van der Waals surface area contributed by atoms with Crippen LogP contribution in [0.5, 0.6) is 0 Å². The van der Waals surface area contributed by atoms with E-state index in [1.165, 1.54) is 30.8 Å². The van der Waals surface area contributed by atoms with Gasteiger partial charge in [0.05, 0.1) is 0 Å². The second-order valence-corrected chi connectivity index (χ2v) is 6.05. The Hall–Kier alpha value is 0.370. The lowest BCUT2D eigenvalue weighted by Gasteiger charge is -2.00. The van der Waals surface area contributed by atoms with Gasteiger partial charge in [-0.3, -0.25) is 4.79 Å². The molecule has 0 aromatic rings. The van der Waals surface area contributed by atoms with E-state index in [4.69, 9.17) is 0 Å². The third-order valence-electron chi connectivity index (χ3n) is 1.99. The molecule has 0 saturated heterocycles. The van der Waals surface area contributed by atoms with Gasteiger partial charge in [-0.25, -0.2) is 0 Å². The number of Topliss-reactive ketones (excluding diaryl/α,β-unsaturated/α-hetero) is 1. The smallest absolute Gasteiger partial charge is 0.132 e. The van der Waals surface area contributed by atoms with Crippen molar-refractivity contribution in [1.29, 1.82) is 0 Å². The predicted octanol–water partition coefficient (Wildman–Crippen LogP) is 4.32. The lowest BCUT2D eigenvalue weighted by atomic mass is 10.1. The molecule has 0 fully saturated rings. The van der Waals surface area contributed by atoms with Crippen molar-refractivity contribution in [3.63, 3.8) is 0 Å². The molecule has 0 amide bonds. The van der Waals surface area contributed by atoms with Crippen molar-refractivity contribution in [1.82, 2.24) is 0 Å². The summed E-state index contributed by atoms with van der Waals surface area (Å²) in [4.78, 5) is 11.0. The van der Waals surface area contributed by atoms with Gasteiger partial charge in [0.1, 0.15) is 5.78 Å². The molecule has 0 aliphatic carbocycles. The number of ketones is 1. The lowest BCUT2D eigenvalue weighted by molar-refractivity contribution is -0.118. The summed E-state index contributed by atoms with van der Waals surface area (Å²) in [6.07, 6.45) is 6.38. The highest BCUT2D eigenvalue weighted by molar-refractivity contribution is 8.76. The molecule has 0 atom stereocenters. The predicted molar refractivity (Wildman–Crippen MR) is 69.0 cm³/mol. The van der Waals surface area contributed by atoms with Crippen molar-refractivity contribution in [3.8, 4) is 0 Å². The van der Waals surface area contributed by atoms with Gasteiger partial charge in [-0.15, -0.1) is 0 Å². The van der Waals surface area contributed by atoms with Crippen molar-refractivity contribution in [2.24, 2.45) is 0 Å². The van der Waals surface area contributed by atoms with Crippen molar-refractivity contribution in [3.05, 3.63) is 0 Å². The van der Waals surface area contributed by atoms with Crippen LogP contribution < -0.4 is 0 Å². The summed E-state index contributed by atoms with van der Waals surface area (Å²) in [5, 5.41) is 0. The zero-order valence-corrected chi connectivity index (χ0v) is 11.0. The third-order valence-corrected chi connectivity index (χ3v) is 4.57. The normalized spacial score (nSPS) is 10.4. The third kappa shape index (κ3) is 10.5. The van der Waals surface area contributed by atoms with E-state index in [1.54, 1.807) is 0 Å². The topological polar surface area (TPSA) is 17.1 Å². The van der Waals surface area contributed by atoms with Gasteiger partial charge < -0.3 is 0 Å². The number of carbonyl (C=O) groups is 1. The van der Waals surface area contributed by atoms with Crippen LogP contribution in [0, 0.1) is 0 Å². The first kappa shape index (κ1) is 14.4. The van der Waals surface area contributed by atoms with Crippen LogP contribution in [0.4, 0.5) is 0 Å². The quantitative estimate of drug-likeness (QED) is 0.414. The van der Waals surface area contributed by atoms with Gasteiger partial charge >= 0.3 is 0 Å². The molecule has 0 saturated carbocycles. The minimum absolute atomic E-state index is 0.411. The average molecular weight is 234 g/mol. The summed E-state index contributed by atoms with van der Waals surface area (Å²) in [6, 6.07) is 0. The highest BCUT2D eigenvalue weighted by Crippen LogP contribution is 2.23. The maximum atomic E-state index is 11.0. The fraction of sp³-hybridized carbons (Fsp3) is 0.909. The molecular formula is C11H22OS2. The zero-order chi connectivity index (χ0) is 10.6. The molecule has 0 aromatic carbocycles. The summed E-state index contributed by atoms with van der Waals surface area (Å²) in [7, 11) is 3.93. The first-order valence-electron chi connectivity index (χ1n) is 5.57. The lowest BCUT2D eigenvalue weighted by Crippen LogP contribution is -1.94. The van der Waals surface area contributed by atoms with Gasteiger partial charge in [-0.1, -0.05) is 41.9 Å². The van der Waals surface area contributed by atoms with Gasteiger partial charge in [-0.2, -0.15) is 0 Å². The highest BCUT2D eigenvalue weighted by Gasteiger charge is 1.97. The van der Waals surface area contributed by atoms with Crippen LogP contribution in [0.3, 0.4) is 0 Å². The van der Waals surface area contributed by atoms with Crippen LogP contribution in [-0.4, -0.2) is 17.3 Å². The van der Waals surface area contributed by atoms with E-state index in [0.29, 0.717) is 12.2 Å². The number of hydrogen-bond acceptors (Lipinski definition) is 3. The van der Waals surface area contributed by atoms with Gasteiger partial charge in [0.15, 0.2) is 0 Å². The van der Waals surface area contributed by atoms with Gasteiger partial charge in [-0.05, 0) is 19.3 Å². The number of hydrogen-bond donors (Lipinski definition) is 0. The molecule has 0 aromatic heterocycles. The van der Waals surface area contributed by atoms with Crippen molar-refractivity contribution in [2.45, 2.75) is 52.4 Å². The van der Waals surface area contributed by atoms with E-state index in [-0.39, 0.29) is 0 Å². The first-order valence-corrected chi connectivity index (χ1v) is 8.06. The molecule has 0 bridgehead atoms. The van der Waals surface area contributed by atoms with Crippen LogP contribution >= 0.6 is 21.6 Å². The Morgan fingerprint density at radius 3 is 2.21 bits per heavy atom. The van der Waals surface area contributed by atoms with E-state index in [2.05, 4.69) is 6.92 Å².